The molecule has 5 heteroatoms. The molecule has 76 valence electrons. The van der Waals surface area contributed by atoms with Crippen LogP contribution >= 0.6 is 11.3 Å². The zero-order chi connectivity index (χ0) is 10.6. The monoisotopic (exact) mass is 212 g/mol. The van der Waals surface area contributed by atoms with Crippen molar-refractivity contribution in [1.29, 1.82) is 0 Å². The van der Waals surface area contributed by atoms with Crippen LogP contribution in [0.5, 0.6) is 0 Å². The van der Waals surface area contributed by atoms with Crippen molar-refractivity contribution in [1.82, 2.24) is 4.98 Å². The molecule has 1 aromatic heterocycles. The van der Waals surface area contributed by atoms with Gasteiger partial charge in [0.15, 0.2) is 5.13 Å². The van der Waals surface area contributed by atoms with Crippen molar-refractivity contribution in [2.24, 2.45) is 0 Å². The molecule has 0 saturated heterocycles. The standard InChI is InChI=1S/C9H12N2O2S/c1-3-13-8(12)5-4-7-6(2)11-9(10)14-7/h4-5H,3H2,1-2H3,(H2,10,11). The van der Waals surface area contributed by atoms with Gasteiger partial charge in [0.1, 0.15) is 0 Å². The molecule has 0 bridgehead atoms. The van der Waals surface area contributed by atoms with Crippen molar-refractivity contribution in [2.75, 3.05) is 12.3 Å². The van der Waals surface area contributed by atoms with Gasteiger partial charge in [-0.1, -0.05) is 11.3 Å². The predicted molar refractivity (Wildman–Crippen MR) is 56.9 cm³/mol. The van der Waals surface area contributed by atoms with E-state index in [1.807, 2.05) is 6.92 Å². The summed E-state index contributed by atoms with van der Waals surface area (Å²) >= 11 is 1.35. The van der Waals surface area contributed by atoms with Crippen LogP contribution in [0.4, 0.5) is 5.13 Å². The molecular formula is C9H12N2O2S. The molecule has 14 heavy (non-hydrogen) atoms. The lowest BCUT2D eigenvalue weighted by Crippen LogP contribution is -1.98. The van der Waals surface area contributed by atoms with Crippen LogP contribution in [0.25, 0.3) is 6.08 Å². The fourth-order valence-electron chi connectivity index (χ4n) is 0.918. The molecule has 0 aromatic carbocycles. The minimum Gasteiger partial charge on any atom is -0.463 e. The maximum absolute atomic E-state index is 11.0. The molecule has 1 rings (SSSR count). The zero-order valence-electron chi connectivity index (χ0n) is 8.11. The molecule has 0 amide bonds. The quantitative estimate of drug-likeness (QED) is 0.610. The number of hydrogen-bond acceptors (Lipinski definition) is 5. The van der Waals surface area contributed by atoms with Gasteiger partial charge in [0.2, 0.25) is 0 Å². The van der Waals surface area contributed by atoms with E-state index < -0.39 is 0 Å². The lowest BCUT2D eigenvalue weighted by Gasteiger charge is -1.93. The number of nitrogens with zero attached hydrogens (tertiary/aromatic N) is 1. The van der Waals surface area contributed by atoms with E-state index in [0.717, 1.165) is 10.6 Å². The number of nitrogens with two attached hydrogens (primary N) is 1. The largest absolute Gasteiger partial charge is 0.463 e. The second-order valence-corrected chi connectivity index (χ2v) is 3.65. The van der Waals surface area contributed by atoms with Gasteiger partial charge in [0.05, 0.1) is 17.2 Å². The second-order valence-electron chi connectivity index (χ2n) is 2.59. The first-order valence-corrected chi connectivity index (χ1v) is 5.03. The third kappa shape index (κ3) is 2.85. The summed E-state index contributed by atoms with van der Waals surface area (Å²) in [5.74, 6) is -0.348. The lowest BCUT2D eigenvalue weighted by atomic mass is 10.3. The lowest BCUT2D eigenvalue weighted by molar-refractivity contribution is -0.137. The van der Waals surface area contributed by atoms with Crippen LogP contribution in [0, 0.1) is 6.92 Å². The van der Waals surface area contributed by atoms with Gasteiger partial charge in [0.25, 0.3) is 0 Å². The SMILES string of the molecule is CCOC(=O)C=Cc1sc(N)nc1C. The number of rotatable bonds is 3. The highest BCUT2D eigenvalue weighted by Gasteiger charge is 2.02. The molecular weight excluding hydrogens is 200 g/mol. The number of carbonyl (C=O) groups is 1. The van der Waals surface area contributed by atoms with Crippen LogP contribution in [-0.4, -0.2) is 17.6 Å². The maximum Gasteiger partial charge on any atom is 0.330 e. The number of aryl methyl sites for hydroxylation is 1. The van der Waals surface area contributed by atoms with Crippen LogP contribution < -0.4 is 5.73 Å². The Bertz CT molecular complexity index is 358. The highest BCUT2D eigenvalue weighted by atomic mass is 32.1. The zero-order valence-corrected chi connectivity index (χ0v) is 8.93. The molecule has 0 spiro atoms. The van der Waals surface area contributed by atoms with E-state index in [2.05, 4.69) is 4.98 Å². The number of ether oxygens (including phenoxy) is 1. The van der Waals surface area contributed by atoms with Crippen molar-refractivity contribution in [3.8, 4) is 0 Å². The van der Waals surface area contributed by atoms with E-state index >= 15 is 0 Å². The van der Waals surface area contributed by atoms with E-state index in [-0.39, 0.29) is 5.97 Å². The normalized spacial score (nSPS) is 10.7. The Morgan fingerprint density at radius 2 is 2.43 bits per heavy atom. The second kappa shape index (κ2) is 4.76. The Kier molecular flexibility index (Phi) is 3.64. The molecule has 0 fully saturated rings. The van der Waals surface area contributed by atoms with Gasteiger partial charge in [-0.05, 0) is 19.9 Å². The molecule has 4 nitrogen and oxygen atoms in total. The number of thiazole rings is 1. The number of nitrogen functional groups attached to an aromatic ring is 1. The topological polar surface area (TPSA) is 65.2 Å². The van der Waals surface area contributed by atoms with Crippen LogP contribution in [0.1, 0.15) is 17.5 Å². The van der Waals surface area contributed by atoms with Crippen molar-refractivity contribution in [3.63, 3.8) is 0 Å². The van der Waals surface area contributed by atoms with Crippen LogP contribution in [0.3, 0.4) is 0 Å². The summed E-state index contributed by atoms with van der Waals surface area (Å²) in [5.41, 5.74) is 6.33. The van der Waals surface area contributed by atoms with Gasteiger partial charge < -0.3 is 10.5 Å². The van der Waals surface area contributed by atoms with Gasteiger partial charge in [0, 0.05) is 6.08 Å². The smallest absolute Gasteiger partial charge is 0.330 e. The molecule has 1 aromatic rings. The first-order valence-electron chi connectivity index (χ1n) is 4.21. The average molecular weight is 212 g/mol. The van der Waals surface area contributed by atoms with Gasteiger partial charge >= 0.3 is 5.97 Å². The molecule has 0 radical (unpaired) electrons. The molecule has 2 N–H and O–H groups in total. The summed E-state index contributed by atoms with van der Waals surface area (Å²) < 4.78 is 4.74. The Labute approximate surface area is 86.4 Å². The molecule has 0 aliphatic rings. The highest BCUT2D eigenvalue weighted by Crippen LogP contribution is 2.20. The van der Waals surface area contributed by atoms with E-state index in [1.54, 1.807) is 13.0 Å². The molecule has 1 heterocycles. The number of aromatic nitrogens is 1. The molecule has 0 aliphatic heterocycles. The minimum absolute atomic E-state index is 0.348. The number of carbonyl (C=O) groups excluding carboxylic acids is 1. The number of hydrogen-bond donors (Lipinski definition) is 1. The van der Waals surface area contributed by atoms with Gasteiger partial charge in [-0.3, -0.25) is 0 Å². The Morgan fingerprint density at radius 3 is 2.93 bits per heavy atom. The van der Waals surface area contributed by atoms with E-state index in [0.29, 0.717) is 11.7 Å². The Balaban J connectivity index is 2.68. The summed E-state index contributed by atoms with van der Waals surface area (Å²) in [6.07, 6.45) is 3.05. The maximum atomic E-state index is 11.0. The summed E-state index contributed by atoms with van der Waals surface area (Å²) in [6.45, 7) is 3.99. The van der Waals surface area contributed by atoms with Crippen molar-refractivity contribution >= 4 is 28.5 Å². The van der Waals surface area contributed by atoms with Gasteiger partial charge in [-0.2, -0.15) is 0 Å². The number of esters is 1. The van der Waals surface area contributed by atoms with E-state index in [4.69, 9.17) is 10.5 Å². The summed E-state index contributed by atoms with van der Waals surface area (Å²) in [5, 5.41) is 0.506. The van der Waals surface area contributed by atoms with Crippen molar-refractivity contribution < 1.29 is 9.53 Å². The Morgan fingerprint density at radius 1 is 1.71 bits per heavy atom. The predicted octanol–water partition coefficient (Wildman–Crippen LogP) is 1.61. The third-order valence-corrected chi connectivity index (χ3v) is 2.46. The average Bonchev–Trinajstić information content (AvgIpc) is 2.42. The van der Waals surface area contributed by atoms with E-state index in [1.165, 1.54) is 17.4 Å². The molecule has 0 atom stereocenters. The molecule has 0 unspecified atom stereocenters. The fraction of sp³-hybridized carbons (Fsp3) is 0.333. The first-order chi connectivity index (χ1) is 6.63. The number of anilines is 1. The van der Waals surface area contributed by atoms with Crippen LogP contribution in [0.2, 0.25) is 0 Å². The van der Waals surface area contributed by atoms with Crippen LogP contribution in [-0.2, 0) is 9.53 Å². The van der Waals surface area contributed by atoms with Crippen molar-refractivity contribution in [2.45, 2.75) is 13.8 Å². The van der Waals surface area contributed by atoms with E-state index in [9.17, 15) is 4.79 Å². The minimum atomic E-state index is -0.348. The molecule has 0 saturated carbocycles. The van der Waals surface area contributed by atoms with Gasteiger partial charge in [-0.25, -0.2) is 9.78 Å². The van der Waals surface area contributed by atoms with Gasteiger partial charge in [-0.15, -0.1) is 0 Å². The van der Waals surface area contributed by atoms with Crippen molar-refractivity contribution in [3.05, 3.63) is 16.6 Å². The van der Waals surface area contributed by atoms with Crippen LogP contribution in [0.15, 0.2) is 6.08 Å². The first kappa shape index (κ1) is 10.7. The summed E-state index contributed by atoms with van der Waals surface area (Å²) in [6, 6.07) is 0. The summed E-state index contributed by atoms with van der Waals surface area (Å²) in [4.78, 5) is 15.9. The summed E-state index contributed by atoms with van der Waals surface area (Å²) in [7, 11) is 0. The Hall–Kier alpha value is -1.36. The highest BCUT2D eigenvalue weighted by molar-refractivity contribution is 7.16. The molecule has 0 aliphatic carbocycles. The third-order valence-electron chi connectivity index (χ3n) is 1.51. The fourth-order valence-corrected chi connectivity index (χ4v) is 1.66.